The number of hydrogen-bond acceptors (Lipinski definition) is 6. The number of aliphatic hydroxyl groups is 1. The van der Waals surface area contributed by atoms with Crippen molar-refractivity contribution in [1.82, 2.24) is 0 Å². The molecule has 1 fully saturated rings. The van der Waals surface area contributed by atoms with Gasteiger partial charge in [0.15, 0.2) is 12.2 Å². The van der Waals surface area contributed by atoms with E-state index >= 15 is 0 Å². The average Bonchev–Trinajstić information content (AvgIpc) is 2.93. The molecule has 1 heterocycles. The summed E-state index contributed by atoms with van der Waals surface area (Å²) < 4.78 is 15.7. The zero-order valence-electron chi connectivity index (χ0n) is 15.1. The van der Waals surface area contributed by atoms with Crippen LogP contribution in [-0.4, -0.2) is 51.8 Å². The first-order chi connectivity index (χ1) is 11.9. The molecule has 0 spiro atoms. The Hall–Kier alpha value is -1.70. The molecule has 1 aliphatic heterocycles. The van der Waals surface area contributed by atoms with Gasteiger partial charge < -0.3 is 19.0 Å². The van der Waals surface area contributed by atoms with Gasteiger partial charge in [-0.2, -0.15) is 0 Å². The number of rotatable bonds is 6. The number of ether oxygens (including phenoxy) is 2. The highest BCUT2D eigenvalue weighted by molar-refractivity contribution is 6.89. The van der Waals surface area contributed by atoms with Crippen LogP contribution in [0.4, 0.5) is 0 Å². The van der Waals surface area contributed by atoms with Gasteiger partial charge in [0.25, 0.3) is 0 Å². The minimum Gasteiger partial charge on any atom is -0.467 e. The fourth-order valence-electron chi connectivity index (χ4n) is 3.79. The molecule has 0 saturated carbocycles. The van der Waals surface area contributed by atoms with E-state index in [1.807, 2.05) is 30.3 Å². The predicted octanol–water partition coefficient (Wildman–Crippen LogP) is 1.51. The van der Waals surface area contributed by atoms with E-state index in [0.29, 0.717) is 0 Å². The SMILES string of the molecule is COC(=O)[C@H](O)[C@@H](O[Si]1(c2ccccc2)[C@H](C)CC[C@H]1C)C(=O)OC. The Bertz CT molecular complexity index is 595. The Morgan fingerprint density at radius 2 is 1.56 bits per heavy atom. The highest BCUT2D eigenvalue weighted by atomic mass is 28.4. The summed E-state index contributed by atoms with van der Waals surface area (Å²) >= 11 is 0. The number of methoxy groups -OCH3 is 2. The first-order valence-corrected chi connectivity index (χ1v) is 10.5. The molecule has 0 radical (unpaired) electrons. The van der Waals surface area contributed by atoms with Crippen molar-refractivity contribution in [2.45, 2.75) is 50.0 Å². The molecule has 1 aliphatic rings. The van der Waals surface area contributed by atoms with Gasteiger partial charge in [0, 0.05) is 0 Å². The molecule has 0 unspecified atom stereocenters. The molecule has 1 aromatic carbocycles. The van der Waals surface area contributed by atoms with Crippen LogP contribution in [-0.2, 0) is 23.5 Å². The van der Waals surface area contributed by atoms with Crippen LogP contribution in [0.15, 0.2) is 30.3 Å². The van der Waals surface area contributed by atoms with Crippen molar-refractivity contribution >= 4 is 25.4 Å². The van der Waals surface area contributed by atoms with Gasteiger partial charge in [0.1, 0.15) is 0 Å². The summed E-state index contributed by atoms with van der Waals surface area (Å²) in [6.45, 7) is 4.23. The van der Waals surface area contributed by atoms with Crippen molar-refractivity contribution in [1.29, 1.82) is 0 Å². The standard InChI is InChI=1S/C18H26O6Si/c1-12-10-11-13(2)25(12,14-8-6-5-7-9-14)24-16(18(21)23-4)15(19)17(20)22-3/h5-9,12-13,15-16,19H,10-11H2,1-4H3/t12-,13-,15-,16-/m1/s1. The average molecular weight is 366 g/mol. The summed E-state index contributed by atoms with van der Waals surface area (Å²) in [6, 6.07) is 9.81. The quantitative estimate of drug-likeness (QED) is 0.607. The number of esters is 2. The van der Waals surface area contributed by atoms with Crippen LogP contribution in [0.5, 0.6) is 0 Å². The van der Waals surface area contributed by atoms with Crippen LogP contribution in [0.3, 0.4) is 0 Å². The fourth-order valence-corrected chi connectivity index (χ4v) is 9.05. The molecule has 4 atom stereocenters. The number of hydrogen-bond donors (Lipinski definition) is 1. The zero-order valence-corrected chi connectivity index (χ0v) is 16.1. The van der Waals surface area contributed by atoms with Crippen LogP contribution in [0.1, 0.15) is 26.7 Å². The Balaban J connectivity index is 2.47. The molecule has 0 aromatic heterocycles. The minimum absolute atomic E-state index is 0.238. The number of aliphatic hydroxyl groups excluding tert-OH is 1. The lowest BCUT2D eigenvalue weighted by Crippen LogP contribution is -2.60. The molecule has 6 nitrogen and oxygen atoms in total. The van der Waals surface area contributed by atoms with E-state index in [0.717, 1.165) is 25.1 Å². The maximum atomic E-state index is 12.3. The van der Waals surface area contributed by atoms with Crippen LogP contribution < -0.4 is 5.19 Å². The zero-order chi connectivity index (χ0) is 18.6. The van der Waals surface area contributed by atoms with Gasteiger partial charge in [-0.25, -0.2) is 9.59 Å². The first kappa shape index (κ1) is 19.6. The Morgan fingerprint density at radius 1 is 1.04 bits per heavy atom. The van der Waals surface area contributed by atoms with E-state index in [-0.39, 0.29) is 11.1 Å². The lowest BCUT2D eigenvalue weighted by Gasteiger charge is -2.38. The Kier molecular flexibility index (Phi) is 6.37. The van der Waals surface area contributed by atoms with E-state index in [1.54, 1.807) is 0 Å². The number of benzene rings is 1. The summed E-state index contributed by atoms with van der Waals surface area (Å²) in [6.07, 6.45) is -1.16. The molecule has 0 amide bonds. The van der Waals surface area contributed by atoms with Crippen LogP contribution in [0.2, 0.25) is 11.1 Å². The summed E-state index contributed by atoms with van der Waals surface area (Å²) in [7, 11) is -0.280. The van der Waals surface area contributed by atoms with Gasteiger partial charge in [-0.1, -0.05) is 57.0 Å². The van der Waals surface area contributed by atoms with Crippen molar-refractivity contribution in [3.05, 3.63) is 30.3 Å². The molecule has 7 heteroatoms. The second-order valence-corrected chi connectivity index (χ2v) is 10.9. The first-order valence-electron chi connectivity index (χ1n) is 8.45. The highest BCUT2D eigenvalue weighted by Gasteiger charge is 2.55. The molecular weight excluding hydrogens is 340 g/mol. The molecule has 2 rings (SSSR count). The minimum atomic E-state index is -2.65. The van der Waals surface area contributed by atoms with Crippen molar-refractivity contribution in [2.24, 2.45) is 0 Å². The lowest BCUT2D eigenvalue weighted by molar-refractivity contribution is -0.168. The Morgan fingerprint density at radius 3 is 2.04 bits per heavy atom. The summed E-state index contributed by atoms with van der Waals surface area (Å²) in [5.74, 6) is -1.68. The third-order valence-electron chi connectivity index (χ3n) is 5.21. The largest absolute Gasteiger partial charge is 0.467 e. The van der Waals surface area contributed by atoms with Gasteiger partial charge in [0.2, 0.25) is 8.32 Å². The fraction of sp³-hybridized carbons (Fsp3) is 0.556. The second-order valence-electron chi connectivity index (χ2n) is 6.57. The van der Waals surface area contributed by atoms with Gasteiger partial charge >= 0.3 is 11.9 Å². The third kappa shape index (κ3) is 3.63. The highest BCUT2D eigenvalue weighted by Crippen LogP contribution is 2.47. The van der Waals surface area contributed by atoms with E-state index in [2.05, 4.69) is 18.6 Å². The summed E-state index contributed by atoms with van der Waals surface area (Å²) in [5, 5.41) is 11.3. The van der Waals surface area contributed by atoms with Gasteiger partial charge in [-0.05, 0) is 16.3 Å². The maximum absolute atomic E-state index is 12.3. The summed E-state index contributed by atoms with van der Waals surface area (Å²) in [5.41, 5.74) is 0.476. The predicted molar refractivity (Wildman–Crippen MR) is 94.8 cm³/mol. The van der Waals surface area contributed by atoms with E-state index in [9.17, 15) is 14.7 Å². The summed E-state index contributed by atoms with van der Waals surface area (Å²) in [4.78, 5) is 24.1. The normalized spacial score (nSPS) is 24.4. The van der Waals surface area contributed by atoms with Crippen LogP contribution in [0.25, 0.3) is 0 Å². The molecular formula is C18H26O6Si. The molecule has 0 bridgehead atoms. The number of carbonyl (C=O) groups excluding carboxylic acids is 2. The molecule has 0 aliphatic carbocycles. The van der Waals surface area contributed by atoms with Crippen LogP contribution >= 0.6 is 0 Å². The van der Waals surface area contributed by atoms with Gasteiger partial charge in [0.05, 0.1) is 14.2 Å². The van der Waals surface area contributed by atoms with Crippen molar-refractivity contribution in [3.63, 3.8) is 0 Å². The van der Waals surface area contributed by atoms with Crippen molar-refractivity contribution in [2.75, 3.05) is 14.2 Å². The van der Waals surface area contributed by atoms with Crippen molar-refractivity contribution in [3.8, 4) is 0 Å². The van der Waals surface area contributed by atoms with Crippen molar-refractivity contribution < 1.29 is 28.6 Å². The topological polar surface area (TPSA) is 82.1 Å². The Labute approximate surface area is 149 Å². The van der Waals surface area contributed by atoms with E-state index in [4.69, 9.17) is 9.16 Å². The van der Waals surface area contributed by atoms with E-state index in [1.165, 1.54) is 7.11 Å². The number of carbonyl (C=O) groups is 2. The molecule has 1 N–H and O–H groups in total. The van der Waals surface area contributed by atoms with Crippen LogP contribution in [0, 0.1) is 0 Å². The maximum Gasteiger partial charge on any atom is 0.338 e. The second kappa shape index (κ2) is 8.12. The monoisotopic (exact) mass is 366 g/mol. The lowest BCUT2D eigenvalue weighted by atomic mass is 10.2. The van der Waals surface area contributed by atoms with E-state index < -0.39 is 32.5 Å². The van der Waals surface area contributed by atoms with Gasteiger partial charge in [-0.15, -0.1) is 0 Å². The smallest absolute Gasteiger partial charge is 0.338 e. The molecule has 25 heavy (non-hydrogen) atoms. The molecule has 1 saturated heterocycles. The molecule has 1 aromatic rings. The third-order valence-corrected chi connectivity index (χ3v) is 10.6. The van der Waals surface area contributed by atoms with Gasteiger partial charge in [-0.3, -0.25) is 0 Å². The molecule has 138 valence electrons.